The van der Waals surface area contributed by atoms with Gasteiger partial charge in [0.2, 0.25) is 0 Å². The number of carboxylic acids is 1. The molecule has 0 amide bonds. The fourth-order valence-corrected chi connectivity index (χ4v) is 2.43. The molecule has 0 saturated heterocycles. The second-order valence-corrected chi connectivity index (χ2v) is 4.57. The van der Waals surface area contributed by atoms with Crippen molar-refractivity contribution in [1.29, 1.82) is 0 Å². The van der Waals surface area contributed by atoms with Crippen molar-refractivity contribution in [1.82, 2.24) is 4.90 Å². The Morgan fingerprint density at radius 2 is 2.41 bits per heavy atom. The summed E-state index contributed by atoms with van der Waals surface area (Å²) in [4.78, 5) is 13.1. The summed E-state index contributed by atoms with van der Waals surface area (Å²) in [5.41, 5.74) is 0.802. The van der Waals surface area contributed by atoms with Crippen LogP contribution in [0.2, 0.25) is 0 Å². The van der Waals surface area contributed by atoms with Gasteiger partial charge < -0.3 is 9.52 Å². The number of aliphatic carboxylic acids is 1. The third kappa shape index (κ3) is 2.75. The third-order valence-corrected chi connectivity index (χ3v) is 3.22. The summed E-state index contributed by atoms with van der Waals surface area (Å²) in [6, 6.07) is 4.83. The van der Waals surface area contributed by atoms with Crippen LogP contribution in [0.4, 0.5) is 0 Å². The first-order valence-electron chi connectivity index (χ1n) is 5.16. The number of rotatable bonds is 5. The van der Waals surface area contributed by atoms with Gasteiger partial charge in [0, 0.05) is 0 Å². The molecule has 2 aromatic rings. The van der Waals surface area contributed by atoms with Gasteiger partial charge in [-0.3, -0.25) is 9.69 Å². The van der Waals surface area contributed by atoms with Gasteiger partial charge in [-0.1, -0.05) is 0 Å². The molecule has 0 spiro atoms. The zero-order valence-electron chi connectivity index (χ0n) is 9.37. The standard InChI is InChI=1S/C12H13NO3S/c1-13(7-10-3-2-5-16-10)11(12(14)15)9-4-6-17-8-9/h2-6,8,11H,7H2,1H3,(H,14,15). The Bertz CT molecular complexity index is 464. The molecule has 0 radical (unpaired) electrons. The summed E-state index contributed by atoms with van der Waals surface area (Å²) in [5, 5.41) is 13.0. The molecule has 17 heavy (non-hydrogen) atoms. The summed E-state index contributed by atoms with van der Waals surface area (Å²) in [5.74, 6) is -0.0913. The van der Waals surface area contributed by atoms with E-state index in [0.29, 0.717) is 6.54 Å². The van der Waals surface area contributed by atoms with E-state index in [1.54, 1.807) is 24.3 Å². The van der Waals surface area contributed by atoms with Crippen LogP contribution in [0.15, 0.2) is 39.6 Å². The van der Waals surface area contributed by atoms with E-state index in [4.69, 9.17) is 4.42 Å². The third-order valence-electron chi connectivity index (χ3n) is 2.52. The van der Waals surface area contributed by atoms with Crippen LogP contribution in [0.5, 0.6) is 0 Å². The van der Waals surface area contributed by atoms with E-state index in [1.807, 2.05) is 22.9 Å². The fourth-order valence-electron chi connectivity index (χ4n) is 1.76. The Kier molecular flexibility index (Phi) is 3.61. The van der Waals surface area contributed by atoms with Crippen LogP contribution < -0.4 is 0 Å². The second-order valence-electron chi connectivity index (χ2n) is 3.79. The van der Waals surface area contributed by atoms with Crippen LogP contribution in [0.3, 0.4) is 0 Å². The second kappa shape index (κ2) is 5.16. The normalized spacial score (nSPS) is 12.8. The minimum atomic E-state index is -0.850. The molecule has 0 aliphatic rings. The monoisotopic (exact) mass is 251 g/mol. The maximum atomic E-state index is 11.3. The molecule has 0 saturated carbocycles. The first-order valence-corrected chi connectivity index (χ1v) is 6.10. The van der Waals surface area contributed by atoms with E-state index in [2.05, 4.69) is 0 Å². The molecule has 1 atom stereocenters. The van der Waals surface area contributed by atoms with E-state index in [9.17, 15) is 9.90 Å². The molecule has 0 aliphatic carbocycles. The predicted octanol–water partition coefficient (Wildman–Crippen LogP) is 2.60. The van der Waals surface area contributed by atoms with Crippen LogP contribution >= 0.6 is 11.3 Å². The molecule has 5 heteroatoms. The van der Waals surface area contributed by atoms with Gasteiger partial charge in [0.15, 0.2) is 0 Å². The van der Waals surface area contributed by atoms with Crippen LogP contribution in [-0.2, 0) is 11.3 Å². The maximum absolute atomic E-state index is 11.3. The summed E-state index contributed by atoms with van der Waals surface area (Å²) < 4.78 is 5.22. The first-order chi connectivity index (χ1) is 8.18. The van der Waals surface area contributed by atoms with Crippen molar-refractivity contribution in [3.05, 3.63) is 46.5 Å². The molecule has 0 bridgehead atoms. The molecule has 2 aromatic heterocycles. The highest BCUT2D eigenvalue weighted by atomic mass is 32.1. The Hall–Kier alpha value is -1.59. The van der Waals surface area contributed by atoms with Crippen molar-refractivity contribution in [2.75, 3.05) is 7.05 Å². The quantitative estimate of drug-likeness (QED) is 0.887. The molecule has 2 heterocycles. The van der Waals surface area contributed by atoms with Crippen molar-refractivity contribution >= 4 is 17.3 Å². The van der Waals surface area contributed by atoms with E-state index in [-0.39, 0.29) is 0 Å². The Morgan fingerprint density at radius 3 is 2.94 bits per heavy atom. The lowest BCUT2D eigenvalue weighted by Crippen LogP contribution is -2.30. The highest BCUT2D eigenvalue weighted by Crippen LogP contribution is 2.23. The average molecular weight is 251 g/mol. The topological polar surface area (TPSA) is 53.7 Å². The zero-order valence-corrected chi connectivity index (χ0v) is 10.2. The highest BCUT2D eigenvalue weighted by Gasteiger charge is 2.25. The summed E-state index contributed by atoms with van der Waals surface area (Å²) in [7, 11) is 1.78. The zero-order chi connectivity index (χ0) is 12.3. The molecule has 2 rings (SSSR count). The minimum Gasteiger partial charge on any atom is -0.480 e. The lowest BCUT2D eigenvalue weighted by Gasteiger charge is -2.22. The molecule has 0 fully saturated rings. The minimum absolute atomic E-state index is 0.472. The number of hydrogen-bond donors (Lipinski definition) is 1. The maximum Gasteiger partial charge on any atom is 0.325 e. The van der Waals surface area contributed by atoms with Crippen LogP contribution in [0.25, 0.3) is 0 Å². The largest absolute Gasteiger partial charge is 0.480 e. The number of nitrogens with zero attached hydrogens (tertiary/aromatic N) is 1. The number of hydrogen-bond acceptors (Lipinski definition) is 4. The Morgan fingerprint density at radius 1 is 1.59 bits per heavy atom. The lowest BCUT2D eigenvalue weighted by molar-refractivity contribution is -0.143. The van der Waals surface area contributed by atoms with Crippen molar-refractivity contribution in [3.63, 3.8) is 0 Å². The van der Waals surface area contributed by atoms with Gasteiger partial charge in [-0.2, -0.15) is 11.3 Å². The van der Waals surface area contributed by atoms with Gasteiger partial charge in [-0.15, -0.1) is 0 Å². The van der Waals surface area contributed by atoms with Crippen molar-refractivity contribution in [2.24, 2.45) is 0 Å². The lowest BCUT2D eigenvalue weighted by atomic mass is 10.1. The van der Waals surface area contributed by atoms with Gasteiger partial charge in [0.25, 0.3) is 0 Å². The van der Waals surface area contributed by atoms with Crippen molar-refractivity contribution in [3.8, 4) is 0 Å². The van der Waals surface area contributed by atoms with Gasteiger partial charge in [-0.05, 0) is 41.6 Å². The molecule has 1 N–H and O–H groups in total. The molecule has 90 valence electrons. The first kappa shape index (κ1) is 11.9. The van der Waals surface area contributed by atoms with Crippen LogP contribution in [0.1, 0.15) is 17.4 Å². The SMILES string of the molecule is CN(Cc1ccco1)C(C(=O)O)c1ccsc1. The van der Waals surface area contributed by atoms with Gasteiger partial charge in [0.1, 0.15) is 11.8 Å². The molecular weight excluding hydrogens is 238 g/mol. The van der Waals surface area contributed by atoms with E-state index < -0.39 is 12.0 Å². The van der Waals surface area contributed by atoms with Crippen LogP contribution in [-0.4, -0.2) is 23.0 Å². The molecule has 0 aromatic carbocycles. The van der Waals surface area contributed by atoms with E-state index in [0.717, 1.165) is 11.3 Å². The summed E-state index contributed by atoms with van der Waals surface area (Å²) in [6.45, 7) is 0.472. The average Bonchev–Trinajstić information content (AvgIpc) is 2.89. The molecule has 0 aliphatic heterocycles. The van der Waals surface area contributed by atoms with Crippen molar-refractivity contribution < 1.29 is 14.3 Å². The molecule has 4 nitrogen and oxygen atoms in total. The number of thiophene rings is 1. The fraction of sp³-hybridized carbons (Fsp3) is 0.250. The number of likely N-dealkylation sites (N-methyl/N-ethyl adjacent to an activating group) is 1. The highest BCUT2D eigenvalue weighted by molar-refractivity contribution is 7.08. The van der Waals surface area contributed by atoms with E-state index in [1.165, 1.54) is 11.3 Å². The van der Waals surface area contributed by atoms with Gasteiger partial charge >= 0.3 is 5.97 Å². The number of carboxylic acid groups (broad SMARTS) is 1. The van der Waals surface area contributed by atoms with Gasteiger partial charge in [0.05, 0.1) is 12.8 Å². The number of carbonyl (C=O) groups is 1. The van der Waals surface area contributed by atoms with Crippen molar-refractivity contribution in [2.45, 2.75) is 12.6 Å². The summed E-state index contributed by atoms with van der Waals surface area (Å²) >= 11 is 1.50. The Balaban J connectivity index is 2.14. The molecule has 1 unspecified atom stereocenters. The predicted molar refractivity (Wildman–Crippen MR) is 64.9 cm³/mol. The van der Waals surface area contributed by atoms with Gasteiger partial charge in [-0.25, -0.2) is 0 Å². The number of furan rings is 1. The smallest absolute Gasteiger partial charge is 0.325 e. The summed E-state index contributed by atoms with van der Waals surface area (Å²) in [6.07, 6.45) is 1.59. The molecular formula is C12H13NO3S. The Labute approximate surface area is 103 Å². The van der Waals surface area contributed by atoms with Crippen LogP contribution in [0, 0.1) is 0 Å². The van der Waals surface area contributed by atoms with E-state index >= 15 is 0 Å².